The van der Waals surface area contributed by atoms with E-state index in [1.807, 2.05) is 0 Å². The van der Waals surface area contributed by atoms with Crippen LogP contribution >= 0.6 is 0 Å². The van der Waals surface area contributed by atoms with Crippen LogP contribution in [0.5, 0.6) is 0 Å². The lowest BCUT2D eigenvalue weighted by atomic mass is 9.96. The summed E-state index contributed by atoms with van der Waals surface area (Å²) < 4.78 is 0. The highest BCUT2D eigenvalue weighted by Crippen LogP contribution is 2.24. The van der Waals surface area contributed by atoms with Crippen LogP contribution in [-0.2, 0) is 0 Å². The summed E-state index contributed by atoms with van der Waals surface area (Å²) in [6.07, 6.45) is -4.23. The van der Waals surface area contributed by atoms with E-state index < -0.39 is 30.3 Å². The Hall–Kier alpha value is -0.200. The molecule has 0 aromatic heterocycles. The van der Waals surface area contributed by atoms with Crippen molar-refractivity contribution in [2.24, 2.45) is 5.92 Å². The topological polar surface area (TPSA) is 101 Å². The minimum atomic E-state index is -1.38. The van der Waals surface area contributed by atoms with Crippen molar-refractivity contribution in [2.45, 2.75) is 37.3 Å². The van der Waals surface area contributed by atoms with Crippen molar-refractivity contribution in [1.29, 1.82) is 0 Å². The zero-order chi connectivity index (χ0) is 10.0. The predicted octanol–water partition coefficient (Wildman–Crippen LogP) is -2.17. The summed E-state index contributed by atoms with van der Waals surface area (Å²) >= 11 is 0. The molecular formula is C8H16O5. The number of hydrogen-bond donors (Lipinski definition) is 5. The van der Waals surface area contributed by atoms with E-state index in [9.17, 15) is 20.4 Å². The van der Waals surface area contributed by atoms with Crippen molar-refractivity contribution in [3.05, 3.63) is 0 Å². The minimum absolute atomic E-state index is 0.252. The molecule has 1 aliphatic carbocycles. The zero-order valence-corrected chi connectivity index (χ0v) is 7.24. The lowest BCUT2D eigenvalue weighted by Crippen LogP contribution is -2.44. The van der Waals surface area contributed by atoms with Gasteiger partial charge in [0, 0.05) is 12.5 Å². The molecule has 5 N–H and O–H groups in total. The smallest absolute Gasteiger partial charge is 0.109 e. The maximum atomic E-state index is 9.42. The molecule has 1 aliphatic rings. The Balaban J connectivity index is 2.69. The van der Waals surface area contributed by atoms with E-state index >= 15 is 0 Å². The second kappa shape index (κ2) is 4.34. The lowest BCUT2D eigenvalue weighted by Gasteiger charge is -2.25. The maximum Gasteiger partial charge on any atom is 0.109 e. The summed E-state index contributed by atoms with van der Waals surface area (Å²) in [7, 11) is 0. The molecule has 1 rings (SSSR count). The monoisotopic (exact) mass is 192 g/mol. The largest absolute Gasteiger partial charge is 0.396 e. The van der Waals surface area contributed by atoms with Crippen molar-refractivity contribution in [3.8, 4) is 0 Å². The fraction of sp³-hybridized carbons (Fsp3) is 1.00. The van der Waals surface area contributed by atoms with Crippen molar-refractivity contribution >= 4 is 0 Å². The molecule has 3 unspecified atom stereocenters. The van der Waals surface area contributed by atoms with Crippen LogP contribution in [0.15, 0.2) is 0 Å². The molecule has 0 aromatic rings. The molecule has 0 saturated heterocycles. The maximum absolute atomic E-state index is 9.42. The van der Waals surface area contributed by atoms with Gasteiger partial charge in [-0.05, 0) is 12.8 Å². The van der Waals surface area contributed by atoms with Crippen LogP contribution < -0.4 is 0 Å². The van der Waals surface area contributed by atoms with E-state index in [1.165, 1.54) is 0 Å². The number of hydrogen-bond acceptors (Lipinski definition) is 5. The Morgan fingerprint density at radius 3 is 2.00 bits per heavy atom. The second-order valence-electron chi connectivity index (χ2n) is 3.56. The van der Waals surface area contributed by atoms with E-state index in [2.05, 4.69) is 0 Å². The third-order valence-corrected chi connectivity index (χ3v) is 2.64. The van der Waals surface area contributed by atoms with Crippen LogP contribution in [0, 0.1) is 5.92 Å². The van der Waals surface area contributed by atoms with Crippen LogP contribution in [-0.4, -0.2) is 56.6 Å². The van der Waals surface area contributed by atoms with Gasteiger partial charge in [0.2, 0.25) is 0 Å². The van der Waals surface area contributed by atoms with Crippen LogP contribution in [0.2, 0.25) is 0 Å². The summed E-state index contributed by atoms with van der Waals surface area (Å²) in [4.78, 5) is 0. The van der Waals surface area contributed by atoms with Gasteiger partial charge in [-0.2, -0.15) is 0 Å². The highest BCUT2D eigenvalue weighted by molar-refractivity contribution is 4.88. The Bertz CT molecular complexity index is 161. The van der Waals surface area contributed by atoms with Gasteiger partial charge in [0.25, 0.3) is 0 Å². The van der Waals surface area contributed by atoms with Crippen LogP contribution in [0.3, 0.4) is 0 Å². The normalized spacial score (nSPS) is 47.3. The molecule has 1 saturated carbocycles. The lowest BCUT2D eigenvalue weighted by molar-refractivity contribution is -0.107. The van der Waals surface area contributed by atoms with Gasteiger partial charge in [0.05, 0.1) is 12.2 Å². The summed E-state index contributed by atoms with van der Waals surface area (Å²) in [5, 5.41) is 46.1. The predicted molar refractivity (Wildman–Crippen MR) is 43.8 cm³/mol. The Morgan fingerprint density at radius 1 is 0.846 bits per heavy atom. The molecule has 5 heteroatoms. The number of rotatable bonds is 1. The van der Waals surface area contributed by atoms with E-state index in [-0.39, 0.29) is 13.0 Å². The van der Waals surface area contributed by atoms with E-state index in [0.29, 0.717) is 6.42 Å². The summed E-state index contributed by atoms with van der Waals surface area (Å²) in [5.74, 6) is -0.471. The number of aliphatic hydroxyl groups is 5. The Kier molecular flexibility index (Phi) is 3.63. The minimum Gasteiger partial charge on any atom is -0.396 e. The molecule has 5 nitrogen and oxygen atoms in total. The van der Waals surface area contributed by atoms with Crippen molar-refractivity contribution in [2.75, 3.05) is 6.61 Å². The van der Waals surface area contributed by atoms with Gasteiger partial charge in [-0.3, -0.25) is 0 Å². The molecule has 0 spiro atoms. The highest BCUT2D eigenvalue weighted by Gasteiger charge is 2.38. The molecule has 78 valence electrons. The molecule has 5 atom stereocenters. The van der Waals surface area contributed by atoms with Gasteiger partial charge >= 0.3 is 0 Å². The third-order valence-electron chi connectivity index (χ3n) is 2.64. The Morgan fingerprint density at radius 2 is 1.46 bits per heavy atom. The first-order valence-electron chi connectivity index (χ1n) is 4.41. The molecule has 0 amide bonds. The standard InChI is InChI=1S/C8H16O5/c9-3-4-1-2-5(10)7(12)8(13)6(4)11/h4-13H,1-3H2/t4?,5?,6-,7+,8?/m1/s1. The van der Waals surface area contributed by atoms with Gasteiger partial charge in [0.1, 0.15) is 12.2 Å². The molecular weight excluding hydrogens is 176 g/mol. The van der Waals surface area contributed by atoms with Crippen LogP contribution in [0.1, 0.15) is 12.8 Å². The molecule has 0 heterocycles. The van der Waals surface area contributed by atoms with Crippen molar-refractivity contribution in [3.63, 3.8) is 0 Å². The summed E-state index contributed by atoms with van der Waals surface area (Å²) in [5.41, 5.74) is 0. The summed E-state index contributed by atoms with van der Waals surface area (Å²) in [6.45, 7) is -0.252. The molecule has 13 heavy (non-hydrogen) atoms. The van der Waals surface area contributed by atoms with Crippen LogP contribution in [0.4, 0.5) is 0 Å². The quantitative estimate of drug-likeness (QED) is 0.304. The van der Waals surface area contributed by atoms with Gasteiger partial charge in [-0.25, -0.2) is 0 Å². The van der Waals surface area contributed by atoms with Crippen molar-refractivity contribution < 1.29 is 25.5 Å². The summed E-state index contributed by atoms with van der Waals surface area (Å²) in [6, 6.07) is 0. The molecule has 0 radical (unpaired) electrons. The first kappa shape index (κ1) is 10.9. The molecule has 1 fully saturated rings. The first-order chi connectivity index (χ1) is 6.07. The van der Waals surface area contributed by atoms with E-state index in [4.69, 9.17) is 5.11 Å². The number of aliphatic hydroxyl groups excluding tert-OH is 5. The van der Waals surface area contributed by atoms with Gasteiger partial charge < -0.3 is 25.5 Å². The third kappa shape index (κ3) is 2.18. The van der Waals surface area contributed by atoms with Crippen LogP contribution in [0.25, 0.3) is 0 Å². The van der Waals surface area contributed by atoms with E-state index in [0.717, 1.165) is 0 Å². The van der Waals surface area contributed by atoms with Gasteiger partial charge in [-0.1, -0.05) is 0 Å². The Labute approximate surface area is 76.3 Å². The fourth-order valence-electron chi connectivity index (χ4n) is 1.63. The average Bonchev–Trinajstić information content (AvgIpc) is 2.22. The SMILES string of the molecule is OCC1CCC(O)[C@H](O)C(O)[C@@H]1O. The zero-order valence-electron chi connectivity index (χ0n) is 7.24. The molecule has 0 aromatic carbocycles. The van der Waals surface area contributed by atoms with Gasteiger partial charge in [-0.15, -0.1) is 0 Å². The second-order valence-corrected chi connectivity index (χ2v) is 3.56. The van der Waals surface area contributed by atoms with E-state index in [1.54, 1.807) is 0 Å². The molecule has 0 bridgehead atoms. The first-order valence-corrected chi connectivity index (χ1v) is 4.41. The van der Waals surface area contributed by atoms with Crippen molar-refractivity contribution in [1.82, 2.24) is 0 Å². The highest BCUT2D eigenvalue weighted by atomic mass is 16.4. The average molecular weight is 192 g/mol. The van der Waals surface area contributed by atoms with Gasteiger partial charge in [0.15, 0.2) is 0 Å². The fourth-order valence-corrected chi connectivity index (χ4v) is 1.63. The molecule has 0 aliphatic heterocycles.